The number of hydrogen-bond acceptors (Lipinski definition) is 5. The lowest BCUT2D eigenvalue weighted by atomic mass is 10.1. The first-order valence-corrected chi connectivity index (χ1v) is 8.80. The van der Waals surface area contributed by atoms with Gasteiger partial charge in [-0.15, -0.1) is 0 Å². The van der Waals surface area contributed by atoms with E-state index in [1.54, 1.807) is 6.26 Å². The molecule has 1 aromatic heterocycles. The second-order valence-corrected chi connectivity index (χ2v) is 8.70. The standard InChI is InChI=1S/C14H24N2O3S/c1-14(2,3)15-10-12-4-7-19-13(12)11-16-5-8-20(17,18)9-6-16/h4,7,15H,5-6,8-11H2,1-3H3. The molecule has 0 bridgehead atoms. The van der Waals surface area contributed by atoms with Gasteiger partial charge in [0.05, 0.1) is 24.3 Å². The highest BCUT2D eigenvalue weighted by atomic mass is 32.2. The van der Waals surface area contributed by atoms with Crippen LogP contribution in [0.4, 0.5) is 0 Å². The summed E-state index contributed by atoms with van der Waals surface area (Å²) >= 11 is 0. The van der Waals surface area contributed by atoms with Gasteiger partial charge in [0, 0.05) is 30.7 Å². The molecule has 1 aliphatic heterocycles. The molecule has 2 rings (SSSR count). The van der Waals surface area contributed by atoms with Crippen molar-refractivity contribution >= 4 is 9.84 Å². The second kappa shape index (κ2) is 5.87. The molecule has 0 aromatic carbocycles. The van der Waals surface area contributed by atoms with Crippen molar-refractivity contribution in [3.63, 3.8) is 0 Å². The van der Waals surface area contributed by atoms with Crippen molar-refractivity contribution in [1.29, 1.82) is 0 Å². The average molecular weight is 300 g/mol. The molecular formula is C14H24N2O3S. The third kappa shape index (κ3) is 4.61. The van der Waals surface area contributed by atoms with Crippen LogP contribution in [0, 0.1) is 0 Å². The third-order valence-electron chi connectivity index (χ3n) is 3.45. The van der Waals surface area contributed by atoms with Gasteiger partial charge in [0.2, 0.25) is 0 Å². The van der Waals surface area contributed by atoms with Crippen molar-refractivity contribution in [3.8, 4) is 0 Å². The van der Waals surface area contributed by atoms with Crippen LogP contribution in [-0.2, 0) is 22.9 Å². The fourth-order valence-corrected chi connectivity index (χ4v) is 3.41. The minimum absolute atomic E-state index is 0.0632. The van der Waals surface area contributed by atoms with E-state index in [0.717, 1.165) is 17.9 Å². The zero-order chi connectivity index (χ0) is 14.8. The van der Waals surface area contributed by atoms with Crippen LogP contribution in [0.15, 0.2) is 16.7 Å². The van der Waals surface area contributed by atoms with Crippen LogP contribution in [0.3, 0.4) is 0 Å². The Morgan fingerprint density at radius 2 is 1.95 bits per heavy atom. The molecule has 114 valence electrons. The van der Waals surface area contributed by atoms with Crippen LogP contribution in [0.5, 0.6) is 0 Å². The van der Waals surface area contributed by atoms with Gasteiger partial charge in [-0.25, -0.2) is 8.42 Å². The Balaban J connectivity index is 1.92. The lowest BCUT2D eigenvalue weighted by molar-refractivity contribution is 0.260. The van der Waals surface area contributed by atoms with E-state index in [4.69, 9.17) is 4.42 Å². The van der Waals surface area contributed by atoms with Crippen LogP contribution in [0.1, 0.15) is 32.1 Å². The largest absolute Gasteiger partial charge is 0.468 e. The van der Waals surface area contributed by atoms with Crippen LogP contribution in [-0.4, -0.2) is 43.5 Å². The highest BCUT2D eigenvalue weighted by Gasteiger charge is 2.23. The molecule has 5 nitrogen and oxygen atoms in total. The van der Waals surface area contributed by atoms with Crippen molar-refractivity contribution in [2.24, 2.45) is 0 Å². The van der Waals surface area contributed by atoms with Crippen LogP contribution in [0.25, 0.3) is 0 Å². The summed E-state index contributed by atoms with van der Waals surface area (Å²) in [6.07, 6.45) is 1.70. The predicted molar refractivity (Wildman–Crippen MR) is 79.2 cm³/mol. The summed E-state index contributed by atoms with van der Waals surface area (Å²) in [7, 11) is -2.82. The van der Waals surface area contributed by atoms with Gasteiger partial charge in [0.25, 0.3) is 0 Å². The SMILES string of the molecule is CC(C)(C)NCc1ccoc1CN1CCS(=O)(=O)CC1. The van der Waals surface area contributed by atoms with E-state index in [1.807, 2.05) is 6.07 Å². The molecule has 0 radical (unpaired) electrons. The molecule has 6 heteroatoms. The Morgan fingerprint density at radius 1 is 1.30 bits per heavy atom. The number of rotatable bonds is 4. The zero-order valence-corrected chi connectivity index (χ0v) is 13.3. The fraction of sp³-hybridized carbons (Fsp3) is 0.714. The van der Waals surface area contributed by atoms with Crippen molar-refractivity contribution < 1.29 is 12.8 Å². The number of hydrogen-bond donors (Lipinski definition) is 1. The summed E-state index contributed by atoms with van der Waals surface area (Å²) in [6, 6.07) is 1.98. The Bertz CT molecular complexity index is 529. The maximum atomic E-state index is 11.4. The van der Waals surface area contributed by atoms with Gasteiger partial charge in [0.15, 0.2) is 9.84 Å². The maximum Gasteiger partial charge on any atom is 0.152 e. The monoisotopic (exact) mass is 300 g/mol. The summed E-state index contributed by atoms with van der Waals surface area (Å²) in [5.41, 5.74) is 1.21. The smallest absolute Gasteiger partial charge is 0.152 e. The predicted octanol–water partition coefficient (Wildman–Crippen LogP) is 1.40. The van der Waals surface area contributed by atoms with Crippen molar-refractivity contribution in [3.05, 3.63) is 23.7 Å². The van der Waals surface area contributed by atoms with Gasteiger partial charge < -0.3 is 9.73 Å². The minimum atomic E-state index is -2.82. The average Bonchev–Trinajstić information content (AvgIpc) is 2.76. The molecule has 1 aliphatic rings. The lowest BCUT2D eigenvalue weighted by Gasteiger charge is -2.26. The van der Waals surface area contributed by atoms with Gasteiger partial charge in [-0.1, -0.05) is 0 Å². The number of nitrogens with one attached hydrogen (secondary N) is 1. The molecular weight excluding hydrogens is 276 g/mol. The Hall–Kier alpha value is -0.850. The molecule has 0 unspecified atom stereocenters. The van der Waals surface area contributed by atoms with Gasteiger partial charge in [-0.05, 0) is 26.8 Å². The quantitative estimate of drug-likeness (QED) is 0.910. The first kappa shape index (κ1) is 15.5. The van der Waals surface area contributed by atoms with Crippen molar-refractivity contribution in [2.45, 2.75) is 39.4 Å². The Labute approximate surface area is 121 Å². The van der Waals surface area contributed by atoms with E-state index in [0.29, 0.717) is 19.6 Å². The van der Waals surface area contributed by atoms with E-state index in [2.05, 4.69) is 31.0 Å². The third-order valence-corrected chi connectivity index (χ3v) is 5.06. The number of nitrogens with zero attached hydrogens (tertiary/aromatic N) is 1. The molecule has 1 N–H and O–H groups in total. The zero-order valence-electron chi connectivity index (χ0n) is 12.5. The minimum Gasteiger partial charge on any atom is -0.468 e. The van der Waals surface area contributed by atoms with Crippen molar-refractivity contribution in [2.75, 3.05) is 24.6 Å². The molecule has 0 atom stereocenters. The highest BCUT2D eigenvalue weighted by Crippen LogP contribution is 2.16. The van der Waals surface area contributed by atoms with Gasteiger partial charge in [0.1, 0.15) is 5.76 Å². The molecule has 0 amide bonds. The summed E-state index contributed by atoms with van der Waals surface area (Å²) in [6.45, 7) is 9.02. The topological polar surface area (TPSA) is 62.6 Å². The molecule has 1 aromatic rings. The lowest BCUT2D eigenvalue weighted by Crippen LogP contribution is -2.40. The summed E-state index contributed by atoms with van der Waals surface area (Å²) in [5, 5.41) is 3.44. The summed E-state index contributed by atoms with van der Waals surface area (Å²) in [4.78, 5) is 2.14. The van der Waals surface area contributed by atoms with Gasteiger partial charge in [-0.3, -0.25) is 4.90 Å². The molecule has 0 saturated carbocycles. The van der Waals surface area contributed by atoms with E-state index in [1.165, 1.54) is 0 Å². The molecule has 1 fully saturated rings. The first-order chi connectivity index (χ1) is 9.25. The maximum absolute atomic E-state index is 11.4. The molecule has 0 spiro atoms. The van der Waals surface area contributed by atoms with E-state index in [-0.39, 0.29) is 17.0 Å². The number of sulfone groups is 1. The Kier molecular flexibility index (Phi) is 4.56. The molecule has 0 aliphatic carbocycles. The summed E-state index contributed by atoms with van der Waals surface area (Å²) in [5.74, 6) is 1.44. The summed E-state index contributed by atoms with van der Waals surface area (Å²) < 4.78 is 28.4. The molecule has 20 heavy (non-hydrogen) atoms. The Morgan fingerprint density at radius 3 is 2.55 bits per heavy atom. The first-order valence-electron chi connectivity index (χ1n) is 6.98. The van der Waals surface area contributed by atoms with Gasteiger partial charge >= 0.3 is 0 Å². The van der Waals surface area contributed by atoms with Gasteiger partial charge in [-0.2, -0.15) is 0 Å². The molecule has 2 heterocycles. The van der Waals surface area contributed by atoms with Crippen LogP contribution in [0.2, 0.25) is 0 Å². The van der Waals surface area contributed by atoms with E-state index < -0.39 is 9.84 Å². The van der Waals surface area contributed by atoms with E-state index in [9.17, 15) is 8.42 Å². The van der Waals surface area contributed by atoms with E-state index >= 15 is 0 Å². The van der Waals surface area contributed by atoms with Crippen LogP contribution >= 0.6 is 0 Å². The van der Waals surface area contributed by atoms with Crippen molar-refractivity contribution in [1.82, 2.24) is 10.2 Å². The fourth-order valence-electron chi connectivity index (χ4n) is 2.14. The van der Waals surface area contributed by atoms with Crippen LogP contribution < -0.4 is 5.32 Å². The number of furan rings is 1. The normalized spacial score (nSPS) is 20.1. The highest BCUT2D eigenvalue weighted by molar-refractivity contribution is 7.91. The second-order valence-electron chi connectivity index (χ2n) is 6.40. The molecule has 1 saturated heterocycles.